The Hall–Kier alpha value is -2.10. The summed E-state index contributed by atoms with van der Waals surface area (Å²) in [5, 5.41) is 4.13. The molecule has 0 unspecified atom stereocenters. The van der Waals surface area contributed by atoms with Gasteiger partial charge in [0.05, 0.1) is 0 Å². The normalized spacial score (nSPS) is 18.5. The second-order valence-electron chi connectivity index (χ2n) is 5.88. The van der Waals surface area contributed by atoms with Gasteiger partial charge in [-0.1, -0.05) is 42.4 Å². The molecular weight excluding hydrogens is 276 g/mol. The number of carbonyl (C=O) groups excluding carboxylic acids is 1. The Balaban J connectivity index is 1.97. The van der Waals surface area contributed by atoms with Crippen LogP contribution < -0.4 is 0 Å². The molecule has 3 rings (SSSR count). The summed E-state index contributed by atoms with van der Waals surface area (Å²) < 4.78 is 5.33. The number of likely N-dealkylation sites (tertiary alicyclic amines) is 1. The summed E-state index contributed by atoms with van der Waals surface area (Å²) in [7, 11) is 0. The van der Waals surface area contributed by atoms with Gasteiger partial charge in [0, 0.05) is 18.2 Å². The molecule has 4 heteroatoms. The molecule has 0 spiro atoms. The zero-order chi connectivity index (χ0) is 15.5. The maximum absolute atomic E-state index is 13.1. The monoisotopic (exact) mass is 298 g/mol. The highest BCUT2D eigenvalue weighted by molar-refractivity contribution is 6.01. The molecule has 2 aromatic rings. The van der Waals surface area contributed by atoms with Crippen LogP contribution in [-0.4, -0.2) is 28.6 Å². The topological polar surface area (TPSA) is 46.3 Å². The zero-order valence-electron chi connectivity index (χ0n) is 13.2. The number of hydrogen-bond acceptors (Lipinski definition) is 3. The minimum Gasteiger partial charge on any atom is -0.360 e. The number of aromatic nitrogens is 1. The molecule has 1 aliphatic heterocycles. The van der Waals surface area contributed by atoms with Crippen molar-refractivity contribution in [3.05, 3.63) is 41.7 Å². The summed E-state index contributed by atoms with van der Waals surface area (Å²) >= 11 is 0. The van der Waals surface area contributed by atoms with Gasteiger partial charge in [0.15, 0.2) is 0 Å². The summed E-state index contributed by atoms with van der Waals surface area (Å²) in [6.07, 6.45) is 4.37. The van der Waals surface area contributed by atoms with Crippen molar-refractivity contribution in [2.75, 3.05) is 6.54 Å². The fourth-order valence-electron chi connectivity index (χ4n) is 3.25. The minimum atomic E-state index is 0.0594. The lowest BCUT2D eigenvalue weighted by atomic mass is 9.97. The average Bonchev–Trinajstić information content (AvgIpc) is 2.96. The Bertz CT molecular complexity index is 648. The molecule has 1 aliphatic rings. The van der Waals surface area contributed by atoms with E-state index in [-0.39, 0.29) is 5.91 Å². The predicted octanol–water partition coefficient (Wildman–Crippen LogP) is 4.05. The smallest absolute Gasteiger partial charge is 0.259 e. The third-order valence-corrected chi connectivity index (χ3v) is 4.48. The molecule has 1 aromatic heterocycles. The number of carbonyl (C=O) groups is 1. The number of benzene rings is 1. The third kappa shape index (κ3) is 2.65. The summed E-state index contributed by atoms with van der Waals surface area (Å²) in [4.78, 5) is 15.1. The fourth-order valence-corrected chi connectivity index (χ4v) is 3.25. The second kappa shape index (κ2) is 6.34. The molecule has 0 N–H and O–H groups in total. The third-order valence-electron chi connectivity index (χ3n) is 4.48. The molecule has 0 bridgehead atoms. The van der Waals surface area contributed by atoms with Crippen LogP contribution in [0.4, 0.5) is 0 Å². The lowest BCUT2D eigenvalue weighted by Crippen LogP contribution is -2.43. The second-order valence-corrected chi connectivity index (χ2v) is 5.88. The van der Waals surface area contributed by atoms with Crippen LogP contribution in [-0.2, 0) is 0 Å². The molecule has 0 aliphatic carbocycles. The van der Waals surface area contributed by atoms with Crippen LogP contribution in [0.25, 0.3) is 11.3 Å². The highest BCUT2D eigenvalue weighted by Crippen LogP contribution is 2.29. The van der Waals surface area contributed by atoms with Crippen molar-refractivity contribution in [1.29, 1.82) is 0 Å². The summed E-state index contributed by atoms with van der Waals surface area (Å²) in [5.74, 6) is 0.661. The highest BCUT2D eigenvalue weighted by Gasteiger charge is 2.31. The van der Waals surface area contributed by atoms with Crippen molar-refractivity contribution in [1.82, 2.24) is 10.1 Å². The number of aryl methyl sites for hydroxylation is 1. The Kier molecular flexibility index (Phi) is 4.27. The van der Waals surface area contributed by atoms with Crippen LogP contribution in [0, 0.1) is 6.92 Å². The van der Waals surface area contributed by atoms with Crippen molar-refractivity contribution < 1.29 is 9.32 Å². The van der Waals surface area contributed by atoms with Crippen LogP contribution in [0.2, 0.25) is 0 Å². The van der Waals surface area contributed by atoms with E-state index in [1.807, 2.05) is 42.2 Å². The van der Waals surface area contributed by atoms with Gasteiger partial charge in [-0.05, 0) is 32.6 Å². The molecular formula is C18H22N2O2. The Morgan fingerprint density at radius 1 is 1.32 bits per heavy atom. The highest BCUT2D eigenvalue weighted by atomic mass is 16.5. The molecule has 1 fully saturated rings. The van der Waals surface area contributed by atoms with Crippen LogP contribution >= 0.6 is 0 Å². The van der Waals surface area contributed by atoms with Crippen molar-refractivity contribution in [2.24, 2.45) is 0 Å². The first-order valence-electron chi connectivity index (χ1n) is 8.05. The van der Waals surface area contributed by atoms with Gasteiger partial charge in [-0.25, -0.2) is 0 Å². The van der Waals surface area contributed by atoms with Gasteiger partial charge in [0.25, 0.3) is 5.91 Å². The molecule has 2 heterocycles. The van der Waals surface area contributed by atoms with Crippen molar-refractivity contribution in [2.45, 2.75) is 45.6 Å². The molecule has 1 aromatic carbocycles. The van der Waals surface area contributed by atoms with E-state index in [0.717, 1.165) is 31.4 Å². The SMILES string of the molecule is CC[C@H]1CCCCN1C(=O)c1c(-c2ccccc2)noc1C. The van der Waals surface area contributed by atoms with Gasteiger partial charge < -0.3 is 9.42 Å². The van der Waals surface area contributed by atoms with E-state index in [2.05, 4.69) is 12.1 Å². The largest absolute Gasteiger partial charge is 0.360 e. The van der Waals surface area contributed by atoms with E-state index in [1.54, 1.807) is 0 Å². The average molecular weight is 298 g/mol. The maximum atomic E-state index is 13.1. The van der Waals surface area contributed by atoms with E-state index < -0.39 is 0 Å². The van der Waals surface area contributed by atoms with Gasteiger partial charge in [0.2, 0.25) is 0 Å². The van der Waals surface area contributed by atoms with Crippen LogP contribution in [0.5, 0.6) is 0 Å². The lowest BCUT2D eigenvalue weighted by molar-refractivity contribution is 0.0607. The molecule has 22 heavy (non-hydrogen) atoms. The van der Waals surface area contributed by atoms with Crippen molar-refractivity contribution in [3.63, 3.8) is 0 Å². The van der Waals surface area contributed by atoms with E-state index in [4.69, 9.17) is 4.52 Å². The standard InChI is InChI=1S/C18H22N2O2/c1-3-15-11-7-8-12-20(15)18(21)16-13(2)22-19-17(16)14-9-5-4-6-10-14/h4-6,9-10,15H,3,7-8,11-12H2,1-2H3/t15-/m0/s1. The quantitative estimate of drug-likeness (QED) is 0.858. The van der Waals surface area contributed by atoms with Crippen molar-refractivity contribution >= 4 is 5.91 Å². The number of amides is 1. The summed E-state index contributed by atoms with van der Waals surface area (Å²) in [6.45, 7) is 4.79. The minimum absolute atomic E-state index is 0.0594. The van der Waals surface area contributed by atoms with Gasteiger partial charge >= 0.3 is 0 Å². The number of piperidine rings is 1. The number of rotatable bonds is 3. The first-order chi connectivity index (χ1) is 10.7. The fraction of sp³-hybridized carbons (Fsp3) is 0.444. The van der Waals surface area contributed by atoms with Crippen LogP contribution in [0.15, 0.2) is 34.9 Å². The van der Waals surface area contributed by atoms with E-state index in [9.17, 15) is 4.79 Å². The number of nitrogens with zero attached hydrogens (tertiary/aromatic N) is 2. The lowest BCUT2D eigenvalue weighted by Gasteiger charge is -2.35. The molecule has 1 amide bonds. The molecule has 116 valence electrons. The summed E-state index contributed by atoms with van der Waals surface area (Å²) in [5.41, 5.74) is 2.20. The maximum Gasteiger partial charge on any atom is 0.259 e. The molecule has 4 nitrogen and oxygen atoms in total. The van der Waals surface area contributed by atoms with Gasteiger partial charge in [-0.3, -0.25) is 4.79 Å². The van der Waals surface area contributed by atoms with Crippen LogP contribution in [0.3, 0.4) is 0 Å². The molecule has 1 atom stereocenters. The van der Waals surface area contributed by atoms with Gasteiger partial charge in [-0.2, -0.15) is 0 Å². The Morgan fingerprint density at radius 2 is 2.09 bits per heavy atom. The Morgan fingerprint density at radius 3 is 2.82 bits per heavy atom. The number of hydrogen-bond donors (Lipinski definition) is 0. The van der Waals surface area contributed by atoms with Crippen LogP contribution in [0.1, 0.15) is 48.7 Å². The van der Waals surface area contributed by atoms with E-state index in [1.165, 1.54) is 6.42 Å². The first-order valence-corrected chi connectivity index (χ1v) is 8.05. The summed E-state index contributed by atoms with van der Waals surface area (Å²) in [6, 6.07) is 10.1. The molecule has 0 saturated carbocycles. The first kappa shape index (κ1) is 14.8. The molecule has 0 radical (unpaired) electrons. The Labute approximate surface area is 131 Å². The van der Waals surface area contributed by atoms with Gasteiger partial charge in [0.1, 0.15) is 17.0 Å². The zero-order valence-corrected chi connectivity index (χ0v) is 13.2. The predicted molar refractivity (Wildman–Crippen MR) is 85.6 cm³/mol. The van der Waals surface area contributed by atoms with Gasteiger partial charge in [-0.15, -0.1) is 0 Å². The van der Waals surface area contributed by atoms with E-state index in [0.29, 0.717) is 23.1 Å². The van der Waals surface area contributed by atoms with E-state index >= 15 is 0 Å². The van der Waals surface area contributed by atoms with Crippen molar-refractivity contribution in [3.8, 4) is 11.3 Å². The molecule has 1 saturated heterocycles.